The fourth-order valence-corrected chi connectivity index (χ4v) is 1.27. The number of aromatic nitrogens is 1. The lowest BCUT2D eigenvalue weighted by Gasteiger charge is -2.05. The fraction of sp³-hybridized carbons (Fsp3) is 0.154. The van der Waals surface area contributed by atoms with Crippen molar-refractivity contribution in [1.29, 1.82) is 0 Å². The van der Waals surface area contributed by atoms with Crippen LogP contribution in [0, 0.1) is 6.07 Å². The summed E-state index contributed by atoms with van der Waals surface area (Å²) in [5.41, 5.74) is 0.830. The first-order valence-corrected chi connectivity index (χ1v) is 4.98. The number of hydrogen-bond acceptors (Lipinski definition) is 3. The van der Waals surface area contributed by atoms with Gasteiger partial charge in [0.25, 0.3) is 0 Å². The summed E-state index contributed by atoms with van der Waals surface area (Å²) < 4.78 is 10.6. The van der Waals surface area contributed by atoms with Crippen LogP contribution >= 0.6 is 0 Å². The van der Waals surface area contributed by atoms with Crippen LogP contribution in [-0.4, -0.2) is 12.1 Å². The molecule has 2 aromatic rings. The van der Waals surface area contributed by atoms with Crippen LogP contribution in [0.1, 0.15) is 5.69 Å². The first kappa shape index (κ1) is 10.5. The maximum atomic E-state index is 5.52. The lowest BCUT2D eigenvalue weighted by atomic mass is 10.3. The Labute approximate surface area is 94.7 Å². The molecule has 16 heavy (non-hydrogen) atoms. The average molecular weight is 214 g/mol. The first-order valence-electron chi connectivity index (χ1n) is 4.98. The molecule has 1 heterocycles. The van der Waals surface area contributed by atoms with Crippen molar-refractivity contribution in [3.63, 3.8) is 0 Å². The maximum absolute atomic E-state index is 5.52. The number of pyridine rings is 1. The predicted molar refractivity (Wildman–Crippen MR) is 60.4 cm³/mol. The number of rotatable bonds is 4. The molecule has 0 N–H and O–H groups in total. The van der Waals surface area contributed by atoms with E-state index in [9.17, 15) is 0 Å². The van der Waals surface area contributed by atoms with Gasteiger partial charge in [-0.1, -0.05) is 24.3 Å². The van der Waals surface area contributed by atoms with Crippen LogP contribution in [0.2, 0.25) is 0 Å². The molecule has 81 valence electrons. The van der Waals surface area contributed by atoms with E-state index in [1.165, 1.54) is 0 Å². The summed E-state index contributed by atoms with van der Waals surface area (Å²) in [7, 11) is 1.60. The molecule has 1 aromatic heterocycles. The molecule has 0 saturated carbocycles. The molecule has 0 spiro atoms. The molecule has 3 heteroatoms. The van der Waals surface area contributed by atoms with Gasteiger partial charge in [0.2, 0.25) is 5.88 Å². The van der Waals surface area contributed by atoms with Gasteiger partial charge in [-0.25, -0.2) is 4.98 Å². The van der Waals surface area contributed by atoms with Gasteiger partial charge in [-0.2, -0.15) is 0 Å². The second kappa shape index (κ2) is 5.16. The standard InChI is InChI=1S/C13H12NO2/c1-15-13-9-5-6-11(14-13)10-16-12-7-3-2-4-8-12/h2-7,9H,10H2,1H3. The minimum absolute atomic E-state index is 0.414. The van der Waals surface area contributed by atoms with Crippen LogP contribution in [0.15, 0.2) is 42.5 Å². The molecule has 0 aliphatic heterocycles. The molecule has 0 saturated heterocycles. The van der Waals surface area contributed by atoms with E-state index in [0.717, 1.165) is 5.69 Å². The normalized spacial score (nSPS) is 9.81. The van der Waals surface area contributed by atoms with E-state index in [-0.39, 0.29) is 0 Å². The largest absolute Gasteiger partial charge is 0.487 e. The van der Waals surface area contributed by atoms with E-state index >= 15 is 0 Å². The van der Waals surface area contributed by atoms with Crippen molar-refractivity contribution >= 4 is 0 Å². The van der Waals surface area contributed by atoms with Crippen molar-refractivity contribution in [2.75, 3.05) is 7.11 Å². The van der Waals surface area contributed by atoms with Crippen LogP contribution in [-0.2, 0) is 6.61 Å². The summed E-state index contributed by atoms with van der Waals surface area (Å²) in [6.07, 6.45) is 0. The average Bonchev–Trinajstić information content (AvgIpc) is 2.38. The summed E-state index contributed by atoms with van der Waals surface area (Å²) in [6.45, 7) is 0.414. The smallest absolute Gasteiger partial charge is 0.213 e. The van der Waals surface area contributed by atoms with E-state index in [1.807, 2.05) is 36.4 Å². The lowest BCUT2D eigenvalue weighted by molar-refractivity contribution is 0.297. The zero-order valence-electron chi connectivity index (χ0n) is 9.01. The number of ether oxygens (including phenoxy) is 2. The topological polar surface area (TPSA) is 31.4 Å². The Kier molecular flexibility index (Phi) is 3.38. The number of methoxy groups -OCH3 is 1. The third-order valence-corrected chi connectivity index (χ3v) is 2.05. The third-order valence-electron chi connectivity index (χ3n) is 2.05. The van der Waals surface area contributed by atoms with Gasteiger partial charge in [0.05, 0.1) is 12.8 Å². The SMILES string of the molecule is COc1cccc(COc2[c]cccc2)n1. The molecule has 0 aliphatic carbocycles. The monoisotopic (exact) mass is 214 g/mol. The van der Waals surface area contributed by atoms with E-state index < -0.39 is 0 Å². The fourth-order valence-electron chi connectivity index (χ4n) is 1.27. The molecule has 1 aromatic carbocycles. The van der Waals surface area contributed by atoms with Crippen molar-refractivity contribution in [2.24, 2.45) is 0 Å². The highest BCUT2D eigenvalue weighted by atomic mass is 16.5. The molecular weight excluding hydrogens is 202 g/mol. The Balaban J connectivity index is 1.99. The predicted octanol–water partition coefficient (Wildman–Crippen LogP) is 2.47. The van der Waals surface area contributed by atoms with Crippen molar-refractivity contribution in [2.45, 2.75) is 6.61 Å². The molecule has 0 fully saturated rings. The van der Waals surface area contributed by atoms with Crippen LogP contribution in [0.25, 0.3) is 0 Å². The molecular formula is C13H12NO2. The Morgan fingerprint density at radius 1 is 1.19 bits per heavy atom. The number of nitrogens with zero attached hydrogens (tertiary/aromatic N) is 1. The molecule has 0 amide bonds. The second-order valence-electron chi connectivity index (χ2n) is 3.19. The summed E-state index contributed by atoms with van der Waals surface area (Å²) in [6, 6.07) is 16.1. The van der Waals surface area contributed by atoms with Gasteiger partial charge in [-0.05, 0) is 12.1 Å². The quantitative estimate of drug-likeness (QED) is 0.783. The van der Waals surface area contributed by atoms with Crippen molar-refractivity contribution < 1.29 is 9.47 Å². The summed E-state index contributed by atoms with van der Waals surface area (Å²) >= 11 is 0. The van der Waals surface area contributed by atoms with E-state index in [2.05, 4.69) is 11.1 Å². The van der Waals surface area contributed by atoms with Crippen LogP contribution in [0.4, 0.5) is 0 Å². The molecule has 3 nitrogen and oxygen atoms in total. The first-order chi connectivity index (χ1) is 7.88. The Bertz CT molecular complexity index is 443. The third kappa shape index (κ3) is 2.73. The highest BCUT2D eigenvalue weighted by molar-refractivity contribution is 5.20. The van der Waals surface area contributed by atoms with E-state index in [4.69, 9.17) is 9.47 Å². The number of hydrogen-bond donors (Lipinski definition) is 0. The van der Waals surface area contributed by atoms with Gasteiger partial charge < -0.3 is 9.47 Å². The summed E-state index contributed by atoms with van der Waals surface area (Å²) in [5.74, 6) is 1.31. The highest BCUT2D eigenvalue weighted by Gasteiger charge is 1.98. The molecule has 1 radical (unpaired) electrons. The maximum Gasteiger partial charge on any atom is 0.213 e. The number of para-hydroxylation sites is 1. The Morgan fingerprint density at radius 3 is 2.88 bits per heavy atom. The van der Waals surface area contributed by atoms with Crippen LogP contribution in [0.5, 0.6) is 11.6 Å². The van der Waals surface area contributed by atoms with Crippen LogP contribution in [0.3, 0.4) is 0 Å². The highest BCUT2D eigenvalue weighted by Crippen LogP contribution is 2.11. The molecule has 0 unspecified atom stereocenters. The zero-order valence-corrected chi connectivity index (χ0v) is 9.01. The van der Waals surface area contributed by atoms with Gasteiger partial charge in [-0.3, -0.25) is 0 Å². The number of benzene rings is 1. The van der Waals surface area contributed by atoms with Gasteiger partial charge in [-0.15, -0.1) is 0 Å². The summed E-state index contributed by atoms with van der Waals surface area (Å²) in [5, 5.41) is 0. The molecule has 2 rings (SSSR count). The Morgan fingerprint density at radius 2 is 2.12 bits per heavy atom. The van der Waals surface area contributed by atoms with Crippen molar-refractivity contribution in [3.05, 3.63) is 54.2 Å². The van der Waals surface area contributed by atoms with Gasteiger partial charge in [0.1, 0.15) is 12.4 Å². The second-order valence-corrected chi connectivity index (χ2v) is 3.19. The van der Waals surface area contributed by atoms with E-state index in [1.54, 1.807) is 13.2 Å². The van der Waals surface area contributed by atoms with Crippen molar-refractivity contribution in [1.82, 2.24) is 4.98 Å². The molecule has 0 atom stereocenters. The Hall–Kier alpha value is -2.03. The van der Waals surface area contributed by atoms with Gasteiger partial charge in [0.15, 0.2) is 0 Å². The minimum atomic E-state index is 0.414. The van der Waals surface area contributed by atoms with Crippen LogP contribution < -0.4 is 9.47 Å². The summed E-state index contributed by atoms with van der Waals surface area (Å²) in [4.78, 5) is 4.25. The molecule has 0 bridgehead atoms. The minimum Gasteiger partial charge on any atom is -0.487 e. The lowest BCUT2D eigenvalue weighted by Crippen LogP contribution is -1.99. The van der Waals surface area contributed by atoms with Gasteiger partial charge >= 0.3 is 0 Å². The van der Waals surface area contributed by atoms with Crippen molar-refractivity contribution in [3.8, 4) is 11.6 Å². The van der Waals surface area contributed by atoms with Gasteiger partial charge in [0, 0.05) is 12.1 Å². The van der Waals surface area contributed by atoms with E-state index in [0.29, 0.717) is 18.2 Å². The zero-order chi connectivity index (χ0) is 11.2. The molecule has 0 aliphatic rings.